The molecule has 1 fully saturated rings. The van der Waals surface area contributed by atoms with Crippen molar-refractivity contribution in [2.45, 2.75) is 32.9 Å². The molecular formula is C19H31Cl3N4O2. The SMILES string of the molecule is CC(C)[C@H](N)C(=O)NCC(=O)N1CCCN(Cc2ccc(Cl)cc2)CC1.Cl.Cl. The van der Waals surface area contributed by atoms with E-state index in [4.69, 9.17) is 17.3 Å². The van der Waals surface area contributed by atoms with Gasteiger partial charge < -0.3 is 16.0 Å². The van der Waals surface area contributed by atoms with Gasteiger partial charge in [0, 0.05) is 37.7 Å². The van der Waals surface area contributed by atoms with Gasteiger partial charge in [0.05, 0.1) is 12.6 Å². The third-order valence-corrected chi connectivity index (χ3v) is 4.95. The molecule has 2 amide bonds. The Kier molecular flexibility index (Phi) is 12.7. The van der Waals surface area contributed by atoms with Gasteiger partial charge in [-0.05, 0) is 30.0 Å². The van der Waals surface area contributed by atoms with Gasteiger partial charge >= 0.3 is 0 Å². The van der Waals surface area contributed by atoms with E-state index in [0.717, 1.165) is 31.1 Å². The van der Waals surface area contributed by atoms with Gasteiger partial charge in [-0.1, -0.05) is 37.6 Å². The molecule has 0 aliphatic carbocycles. The molecule has 0 unspecified atom stereocenters. The summed E-state index contributed by atoms with van der Waals surface area (Å²) in [7, 11) is 0. The minimum atomic E-state index is -0.582. The molecule has 9 heteroatoms. The Morgan fingerprint density at radius 3 is 2.36 bits per heavy atom. The first kappa shape index (κ1) is 27.0. The molecule has 0 spiro atoms. The number of nitrogens with zero attached hydrogens (tertiary/aromatic N) is 2. The van der Waals surface area contributed by atoms with Crippen molar-refractivity contribution in [3.05, 3.63) is 34.9 Å². The highest BCUT2D eigenvalue weighted by Gasteiger charge is 2.22. The first-order valence-corrected chi connectivity index (χ1v) is 9.52. The van der Waals surface area contributed by atoms with Crippen LogP contribution in [0.15, 0.2) is 24.3 Å². The van der Waals surface area contributed by atoms with Gasteiger partial charge in [0.2, 0.25) is 11.8 Å². The summed E-state index contributed by atoms with van der Waals surface area (Å²) in [5.74, 6) is -0.278. The average molecular weight is 454 g/mol. The molecule has 28 heavy (non-hydrogen) atoms. The molecule has 160 valence electrons. The Balaban J connectivity index is 0.00000364. The molecule has 1 atom stereocenters. The Bertz CT molecular complexity index is 614. The lowest BCUT2D eigenvalue weighted by atomic mass is 10.1. The van der Waals surface area contributed by atoms with Crippen molar-refractivity contribution in [1.29, 1.82) is 0 Å². The molecule has 1 aliphatic heterocycles. The van der Waals surface area contributed by atoms with Crippen LogP contribution < -0.4 is 11.1 Å². The zero-order valence-corrected chi connectivity index (χ0v) is 18.8. The van der Waals surface area contributed by atoms with Crippen molar-refractivity contribution < 1.29 is 9.59 Å². The Hall–Kier alpha value is -1.05. The second kappa shape index (κ2) is 13.2. The summed E-state index contributed by atoms with van der Waals surface area (Å²) in [6.45, 7) is 7.76. The van der Waals surface area contributed by atoms with Crippen molar-refractivity contribution >= 4 is 48.2 Å². The summed E-state index contributed by atoms with van der Waals surface area (Å²) < 4.78 is 0. The molecule has 0 saturated carbocycles. The molecule has 0 radical (unpaired) electrons. The molecule has 1 aromatic rings. The number of hydrogen-bond donors (Lipinski definition) is 2. The molecule has 6 nitrogen and oxygen atoms in total. The number of carbonyl (C=O) groups is 2. The zero-order valence-electron chi connectivity index (χ0n) is 16.4. The largest absolute Gasteiger partial charge is 0.346 e. The van der Waals surface area contributed by atoms with Gasteiger partial charge in [0.15, 0.2) is 0 Å². The standard InChI is InChI=1S/C19H29ClN4O2.2ClH/c1-14(2)18(21)19(26)22-12-17(25)24-9-3-8-23(10-11-24)13-15-4-6-16(20)7-5-15;;/h4-7,14,18H,3,8-13,21H2,1-2H3,(H,22,26);2*1H/t18-;;/m0../s1. The monoisotopic (exact) mass is 452 g/mol. The van der Waals surface area contributed by atoms with E-state index >= 15 is 0 Å². The van der Waals surface area contributed by atoms with E-state index in [-0.39, 0.29) is 49.1 Å². The first-order chi connectivity index (χ1) is 12.4. The van der Waals surface area contributed by atoms with Gasteiger partial charge in [-0.3, -0.25) is 14.5 Å². The second-order valence-electron chi connectivity index (χ2n) is 7.12. The van der Waals surface area contributed by atoms with Crippen LogP contribution in [0.4, 0.5) is 0 Å². The smallest absolute Gasteiger partial charge is 0.242 e. The summed E-state index contributed by atoms with van der Waals surface area (Å²) in [5.41, 5.74) is 7.01. The van der Waals surface area contributed by atoms with E-state index in [1.807, 2.05) is 43.0 Å². The summed E-state index contributed by atoms with van der Waals surface area (Å²) in [4.78, 5) is 28.4. The van der Waals surface area contributed by atoms with Crippen molar-refractivity contribution in [3.8, 4) is 0 Å². The van der Waals surface area contributed by atoms with E-state index in [1.54, 1.807) is 0 Å². The normalized spacial score (nSPS) is 15.8. The van der Waals surface area contributed by atoms with Crippen LogP contribution in [0.3, 0.4) is 0 Å². The topological polar surface area (TPSA) is 78.7 Å². The molecule has 0 aromatic heterocycles. The molecule has 1 saturated heterocycles. The lowest BCUT2D eigenvalue weighted by molar-refractivity contribution is -0.133. The van der Waals surface area contributed by atoms with Crippen molar-refractivity contribution in [1.82, 2.24) is 15.1 Å². The van der Waals surface area contributed by atoms with E-state index in [0.29, 0.717) is 13.1 Å². The highest BCUT2D eigenvalue weighted by atomic mass is 35.5. The Morgan fingerprint density at radius 1 is 1.11 bits per heavy atom. The maximum absolute atomic E-state index is 12.4. The minimum absolute atomic E-state index is 0. The average Bonchev–Trinajstić information content (AvgIpc) is 2.86. The molecule has 1 heterocycles. The second-order valence-corrected chi connectivity index (χ2v) is 7.56. The van der Waals surface area contributed by atoms with Crippen LogP contribution in [0, 0.1) is 5.92 Å². The summed E-state index contributed by atoms with van der Waals surface area (Å²) in [6, 6.07) is 7.28. The lowest BCUT2D eigenvalue weighted by Gasteiger charge is -2.23. The molecular weight excluding hydrogens is 423 g/mol. The lowest BCUT2D eigenvalue weighted by Crippen LogP contribution is -2.48. The quantitative estimate of drug-likeness (QED) is 0.693. The first-order valence-electron chi connectivity index (χ1n) is 9.14. The van der Waals surface area contributed by atoms with Gasteiger partial charge in [-0.25, -0.2) is 0 Å². The van der Waals surface area contributed by atoms with Gasteiger partial charge in [0.1, 0.15) is 0 Å². The fourth-order valence-electron chi connectivity index (χ4n) is 2.92. The third-order valence-electron chi connectivity index (χ3n) is 4.70. The molecule has 2 rings (SSSR count). The fraction of sp³-hybridized carbons (Fsp3) is 0.579. The number of amides is 2. The maximum atomic E-state index is 12.4. The van der Waals surface area contributed by atoms with Gasteiger partial charge in [-0.15, -0.1) is 24.8 Å². The number of halogens is 3. The Labute approximate surface area is 185 Å². The van der Waals surface area contributed by atoms with E-state index in [2.05, 4.69) is 10.2 Å². The molecule has 1 aromatic carbocycles. The van der Waals surface area contributed by atoms with Gasteiger partial charge in [-0.2, -0.15) is 0 Å². The third kappa shape index (κ3) is 8.53. The summed E-state index contributed by atoms with van der Waals surface area (Å²) >= 11 is 5.93. The van der Waals surface area contributed by atoms with E-state index in [9.17, 15) is 9.59 Å². The van der Waals surface area contributed by atoms with E-state index in [1.165, 1.54) is 5.56 Å². The maximum Gasteiger partial charge on any atom is 0.242 e. The van der Waals surface area contributed by atoms with Gasteiger partial charge in [0.25, 0.3) is 0 Å². The predicted octanol–water partition coefficient (Wildman–Crippen LogP) is 2.32. The molecule has 3 N–H and O–H groups in total. The summed E-state index contributed by atoms with van der Waals surface area (Å²) in [6.07, 6.45) is 0.915. The van der Waals surface area contributed by atoms with Crippen molar-refractivity contribution in [2.24, 2.45) is 11.7 Å². The highest BCUT2D eigenvalue weighted by molar-refractivity contribution is 6.30. The van der Waals surface area contributed by atoms with Crippen LogP contribution in [0.1, 0.15) is 25.8 Å². The predicted molar refractivity (Wildman–Crippen MR) is 118 cm³/mol. The summed E-state index contributed by atoms with van der Waals surface area (Å²) in [5, 5.41) is 3.39. The van der Waals surface area contributed by atoms with E-state index < -0.39 is 6.04 Å². The number of nitrogens with one attached hydrogen (secondary N) is 1. The number of nitrogens with two attached hydrogens (primary N) is 1. The fourth-order valence-corrected chi connectivity index (χ4v) is 3.05. The van der Waals surface area contributed by atoms with Crippen LogP contribution in [0.2, 0.25) is 5.02 Å². The Morgan fingerprint density at radius 2 is 1.75 bits per heavy atom. The zero-order chi connectivity index (χ0) is 19.1. The van der Waals surface area contributed by atoms with Crippen LogP contribution in [-0.4, -0.2) is 60.4 Å². The molecule has 0 bridgehead atoms. The number of hydrogen-bond acceptors (Lipinski definition) is 4. The molecule has 1 aliphatic rings. The van der Waals surface area contributed by atoms with Crippen LogP contribution in [0.25, 0.3) is 0 Å². The number of rotatable bonds is 6. The minimum Gasteiger partial charge on any atom is -0.346 e. The van der Waals surface area contributed by atoms with Crippen molar-refractivity contribution in [3.63, 3.8) is 0 Å². The van der Waals surface area contributed by atoms with Crippen LogP contribution in [-0.2, 0) is 16.1 Å². The highest BCUT2D eigenvalue weighted by Crippen LogP contribution is 2.13. The number of carbonyl (C=O) groups excluding carboxylic acids is 2. The number of benzene rings is 1. The van der Waals surface area contributed by atoms with Crippen LogP contribution >= 0.6 is 36.4 Å². The van der Waals surface area contributed by atoms with Crippen LogP contribution in [0.5, 0.6) is 0 Å². The van der Waals surface area contributed by atoms with Crippen molar-refractivity contribution in [2.75, 3.05) is 32.7 Å².